The van der Waals surface area contributed by atoms with Crippen molar-refractivity contribution in [2.45, 2.75) is 32.9 Å². The van der Waals surface area contributed by atoms with Crippen LogP contribution in [0.25, 0.3) is 0 Å². The summed E-state index contributed by atoms with van der Waals surface area (Å²) in [5.74, 6) is -0.732. The molecule has 1 aromatic rings. The molecule has 3 nitrogen and oxygen atoms in total. The Morgan fingerprint density at radius 2 is 1.86 bits per heavy atom. The molecule has 0 saturated heterocycles. The molecular formula is C15H20F3NO2. The number of rotatable bonds is 6. The summed E-state index contributed by atoms with van der Waals surface area (Å²) in [6.07, 6.45) is -3.29. The first-order valence-electron chi connectivity index (χ1n) is 6.73. The molecular weight excluding hydrogens is 283 g/mol. The van der Waals surface area contributed by atoms with Crippen LogP contribution in [0.3, 0.4) is 0 Å². The number of amides is 1. The molecule has 1 amide bonds. The molecule has 0 atom stereocenters. The molecule has 1 aromatic carbocycles. The van der Waals surface area contributed by atoms with Gasteiger partial charge in [0, 0.05) is 13.2 Å². The third-order valence-corrected chi connectivity index (χ3v) is 3.22. The molecule has 0 fully saturated rings. The lowest BCUT2D eigenvalue weighted by molar-refractivity contribution is -0.137. The van der Waals surface area contributed by atoms with Crippen LogP contribution < -0.4 is 5.32 Å². The number of aliphatic hydroxyl groups excluding tert-OH is 1. The Bertz CT molecular complexity index is 484. The normalized spacial score (nSPS) is 12.3. The molecule has 21 heavy (non-hydrogen) atoms. The van der Waals surface area contributed by atoms with E-state index in [-0.39, 0.29) is 24.1 Å². The van der Waals surface area contributed by atoms with Crippen molar-refractivity contribution in [3.05, 3.63) is 35.4 Å². The molecule has 0 heterocycles. The first-order valence-corrected chi connectivity index (χ1v) is 6.73. The van der Waals surface area contributed by atoms with Gasteiger partial charge in [-0.15, -0.1) is 0 Å². The summed E-state index contributed by atoms with van der Waals surface area (Å²) in [4.78, 5) is 11.8. The number of carbonyl (C=O) groups excluding carboxylic acids is 1. The molecule has 0 spiro atoms. The number of carbonyl (C=O) groups is 1. The van der Waals surface area contributed by atoms with Gasteiger partial charge >= 0.3 is 6.18 Å². The van der Waals surface area contributed by atoms with Crippen LogP contribution >= 0.6 is 0 Å². The number of halogens is 3. The summed E-state index contributed by atoms with van der Waals surface area (Å²) < 4.78 is 38.4. The van der Waals surface area contributed by atoms with Crippen molar-refractivity contribution in [2.75, 3.05) is 13.2 Å². The highest BCUT2D eigenvalue weighted by atomic mass is 19.4. The average Bonchev–Trinajstić information content (AvgIpc) is 2.42. The Hall–Kier alpha value is -1.56. The van der Waals surface area contributed by atoms with Crippen LogP contribution in [-0.2, 0) is 6.18 Å². The largest absolute Gasteiger partial charge is 0.417 e. The van der Waals surface area contributed by atoms with Crippen LogP contribution in [-0.4, -0.2) is 24.2 Å². The van der Waals surface area contributed by atoms with Crippen molar-refractivity contribution in [1.82, 2.24) is 5.32 Å². The lowest BCUT2D eigenvalue weighted by Gasteiger charge is -2.21. The van der Waals surface area contributed by atoms with Crippen LogP contribution in [0.15, 0.2) is 24.3 Å². The van der Waals surface area contributed by atoms with E-state index >= 15 is 0 Å². The van der Waals surface area contributed by atoms with Gasteiger partial charge in [0.2, 0.25) is 0 Å². The molecule has 2 N–H and O–H groups in total. The first kappa shape index (κ1) is 17.5. The Morgan fingerprint density at radius 1 is 1.24 bits per heavy atom. The molecule has 0 radical (unpaired) electrons. The van der Waals surface area contributed by atoms with Gasteiger partial charge in [-0.05, 0) is 30.4 Å². The fourth-order valence-electron chi connectivity index (χ4n) is 1.87. The minimum atomic E-state index is -4.55. The molecule has 0 aliphatic rings. The topological polar surface area (TPSA) is 49.3 Å². The Morgan fingerprint density at radius 3 is 2.43 bits per heavy atom. The second-order valence-corrected chi connectivity index (χ2v) is 5.73. The highest BCUT2D eigenvalue weighted by Crippen LogP contribution is 2.31. The quantitative estimate of drug-likeness (QED) is 0.793. The summed E-state index contributed by atoms with van der Waals surface area (Å²) in [6.45, 7) is 4.06. The van der Waals surface area contributed by atoms with Gasteiger partial charge in [0.15, 0.2) is 0 Å². The van der Waals surface area contributed by atoms with Crippen molar-refractivity contribution in [1.29, 1.82) is 0 Å². The van der Waals surface area contributed by atoms with E-state index in [1.165, 1.54) is 12.1 Å². The zero-order chi connectivity index (χ0) is 16.1. The van der Waals surface area contributed by atoms with Crippen molar-refractivity contribution in [3.8, 4) is 0 Å². The number of nitrogens with one attached hydrogen (secondary N) is 1. The zero-order valence-electron chi connectivity index (χ0n) is 12.1. The summed E-state index contributed by atoms with van der Waals surface area (Å²) >= 11 is 0. The van der Waals surface area contributed by atoms with Gasteiger partial charge in [-0.3, -0.25) is 4.79 Å². The second kappa shape index (κ2) is 6.93. The van der Waals surface area contributed by atoms with E-state index in [1.807, 2.05) is 13.8 Å². The molecule has 0 aliphatic carbocycles. The minimum absolute atomic E-state index is 0.0256. The average molecular weight is 303 g/mol. The standard InChI is InChI=1S/C15H20F3NO2/c1-14(2,10-20)8-5-9-19-13(21)11-6-3-4-7-12(11)15(16,17)18/h3-4,6-7,20H,5,8-10H2,1-2H3,(H,19,21). The summed E-state index contributed by atoms with van der Waals surface area (Å²) in [7, 11) is 0. The van der Waals surface area contributed by atoms with Gasteiger partial charge in [0.05, 0.1) is 11.1 Å². The lowest BCUT2D eigenvalue weighted by Crippen LogP contribution is -2.28. The predicted octanol–water partition coefficient (Wildman–Crippen LogP) is 3.23. The number of hydrogen-bond acceptors (Lipinski definition) is 2. The zero-order valence-corrected chi connectivity index (χ0v) is 12.1. The van der Waals surface area contributed by atoms with E-state index in [9.17, 15) is 18.0 Å². The lowest BCUT2D eigenvalue weighted by atomic mass is 9.89. The third-order valence-electron chi connectivity index (χ3n) is 3.22. The third kappa shape index (κ3) is 5.38. The molecule has 0 aromatic heterocycles. The first-order chi connectivity index (χ1) is 9.67. The van der Waals surface area contributed by atoms with Crippen molar-refractivity contribution in [3.63, 3.8) is 0 Å². The number of benzene rings is 1. The van der Waals surface area contributed by atoms with E-state index in [4.69, 9.17) is 5.11 Å². The van der Waals surface area contributed by atoms with Gasteiger partial charge in [-0.2, -0.15) is 13.2 Å². The number of alkyl halides is 3. The maximum absolute atomic E-state index is 12.8. The number of aliphatic hydroxyl groups is 1. The van der Waals surface area contributed by atoms with Crippen LogP contribution in [0, 0.1) is 5.41 Å². The Labute approximate surface area is 122 Å². The van der Waals surface area contributed by atoms with Crippen molar-refractivity contribution in [2.24, 2.45) is 5.41 Å². The summed E-state index contributed by atoms with van der Waals surface area (Å²) in [6, 6.07) is 4.71. The van der Waals surface area contributed by atoms with Crippen LogP contribution in [0.2, 0.25) is 0 Å². The van der Waals surface area contributed by atoms with Crippen molar-refractivity contribution >= 4 is 5.91 Å². The maximum Gasteiger partial charge on any atom is 0.417 e. The van der Waals surface area contributed by atoms with E-state index in [2.05, 4.69) is 5.32 Å². The molecule has 0 unspecified atom stereocenters. The van der Waals surface area contributed by atoms with Crippen LogP contribution in [0.5, 0.6) is 0 Å². The molecule has 1 rings (SSSR count). The van der Waals surface area contributed by atoms with Crippen LogP contribution in [0.4, 0.5) is 13.2 Å². The molecule has 0 saturated carbocycles. The molecule has 0 aliphatic heterocycles. The summed E-state index contributed by atoms with van der Waals surface area (Å²) in [5, 5.41) is 11.6. The van der Waals surface area contributed by atoms with Crippen molar-refractivity contribution < 1.29 is 23.1 Å². The number of hydrogen-bond donors (Lipinski definition) is 2. The SMILES string of the molecule is CC(C)(CO)CCCNC(=O)c1ccccc1C(F)(F)F. The molecule has 118 valence electrons. The predicted molar refractivity (Wildman–Crippen MR) is 73.9 cm³/mol. The van der Waals surface area contributed by atoms with Gasteiger partial charge in [-0.25, -0.2) is 0 Å². The van der Waals surface area contributed by atoms with E-state index < -0.39 is 17.6 Å². The van der Waals surface area contributed by atoms with Crippen LogP contribution in [0.1, 0.15) is 42.6 Å². The summed E-state index contributed by atoms with van der Waals surface area (Å²) in [5.41, 5.74) is -1.56. The van der Waals surface area contributed by atoms with Gasteiger partial charge in [0.25, 0.3) is 5.91 Å². The highest BCUT2D eigenvalue weighted by molar-refractivity contribution is 5.95. The van der Waals surface area contributed by atoms with E-state index in [1.54, 1.807) is 0 Å². The molecule has 6 heteroatoms. The maximum atomic E-state index is 12.8. The smallest absolute Gasteiger partial charge is 0.396 e. The second-order valence-electron chi connectivity index (χ2n) is 5.73. The fraction of sp³-hybridized carbons (Fsp3) is 0.533. The fourth-order valence-corrected chi connectivity index (χ4v) is 1.87. The monoisotopic (exact) mass is 303 g/mol. The molecule has 0 bridgehead atoms. The van der Waals surface area contributed by atoms with E-state index in [0.29, 0.717) is 12.8 Å². The minimum Gasteiger partial charge on any atom is -0.396 e. The van der Waals surface area contributed by atoms with Gasteiger partial charge in [0.1, 0.15) is 0 Å². The Balaban J connectivity index is 2.62. The Kier molecular flexibility index (Phi) is 5.78. The van der Waals surface area contributed by atoms with Gasteiger partial charge < -0.3 is 10.4 Å². The van der Waals surface area contributed by atoms with Gasteiger partial charge in [-0.1, -0.05) is 26.0 Å². The highest BCUT2D eigenvalue weighted by Gasteiger charge is 2.34. The van der Waals surface area contributed by atoms with E-state index in [0.717, 1.165) is 12.1 Å².